The molecule has 1 aromatic rings. The molecule has 0 unspecified atom stereocenters. The van der Waals surface area contributed by atoms with Crippen LogP contribution in [0, 0.1) is 0 Å². The van der Waals surface area contributed by atoms with E-state index in [4.69, 9.17) is 0 Å². The van der Waals surface area contributed by atoms with E-state index in [1.54, 1.807) is 0 Å². The fraction of sp³-hybridized carbons (Fsp3) is 0.417. The number of anilines is 1. The maximum atomic E-state index is 11.5. The Kier molecular flexibility index (Phi) is 5.96. The molecule has 0 spiro atoms. The van der Waals surface area contributed by atoms with E-state index in [0.29, 0.717) is 5.75 Å². The quantitative estimate of drug-likeness (QED) is 0.797. The molecule has 1 rings (SSSR count). The van der Waals surface area contributed by atoms with Crippen LogP contribution in [0.4, 0.5) is 5.69 Å². The van der Waals surface area contributed by atoms with Gasteiger partial charge in [0.05, 0.1) is 5.75 Å². The predicted molar refractivity (Wildman–Crippen MR) is 70.8 cm³/mol. The van der Waals surface area contributed by atoms with Gasteiger partial charge >= 0.3 is 0 Å². The minimum atomic E-state index is 0.0523. The fourth-order valence-corrected chi connectivity index (χ4v) is 1.71. The van der Waals surface area contributed by atoms with Gasteiger partial charge in [0.1, 0.15) is 0 Å². The molecule has 0 aliphatic carbocycles. The van der Waals surface area contributed by atoms with Crippen LogP contribution in [0.5, 0.6) is 0 Å². The number of thioether (sulfide) groups is 1. The van der Waals surface area contributed by atoms with Crippen molar-refractivity contribution in [1.29, 1.82) is 0 Å². The van der Waals surface area contributed by atoms with Crippen LogP contribution in [0.15, 0.2) is 24.3 Å². The van der Waals surface area contributed by atoms with Gasteiger partial charge in [-0.05, 0) is 24.4 Å². The highest BCUT2D eigenvalue weighted by Crippen LogP contribution is 2.14. The zero-order valence-electron chi connectivity index (χ0n) is 9.75. The number of hydrogen-bond donors (Lipinski definition) is 2. The molecular formula is C12H18N2OS. The zero-order valence-corrected chi connectivity index (χ0v) is 10.6. The number of hydrogen-bond acceptors (Lipinski definition) is 3. The Labute approximate surface area is 101 Å². The third-order valence-corrected chi connectivity index (χ3v) is 2.68. The minimum Gasteiger partial charge on any atom is -0.325 e. The minimum absolute atomic E-state index is 0.0523. The van der Waals surface area contributed by atoms with Crippen LogP contribution < -0.4 is 10.6 Å². The van der Waals surface area contributed by atoms with Crippen molar-refractivity contribution >= 4 is 23.4 Å². The van der Waals surface area contributed by atoms with Gasteiger partial charge in [0.2, 0.25) is 5.91 Å². The lowest BCUT2D eigenvalue weighted by molar-refractivity contribution is -0.113. The molecule has 3 nitrogen and oxygen atoms in total. The normalized spacial score (nSPS) is 10.1. The molecule has 2 N–H and O–H groups in total. The van der Waals surface area contributed by atoms with Gasteiger partial charge < -0.3 is 10.6 Å². The molecule has 0 heterocycles. The van der Waals surface area contributed by atoms with Crippen molar-refractivity contribution in [2.75, 3.05) is 23.9 Å². The fourth-order valence-electron chi connectivity index (χ4n) is 1.37. The largest absolute Gasteiger partial charge is 0.325 e. The number of nitrogens with one attached hydrogen (secondary N) is 2. The lowest BCUT2D eigenvalue weighted by Crippen LogP contribution is -2.18. The monoisotopic (exact) mass is 238 g/mol. The Balaban J connectivity index is 2.66. The van der Waals surface area contributed by atoms with Crippen LogP contribution in [0.1, 0.15) is 12.5 Å². The summed E-state index contributed by atoms with van der Waals surface area (Å²) in [6.07, 6.45) is 1.92. The lowest BCUT2D eigenvalue weighted by atomic mass is 10.1. The van der Waals surface area contributed by atoms with E-state index in [1.165, 1.54) is 11.8 Å². The van der Waals surface area contributed by atoms with Crippen molar-refractivity contribution in [3.63, 3.8) is 0 Å². The van der Waals surface area contributed by atoms with Crippen molar-refractivity contribution in [3.8, 4) is 0 Å². The Morgan fingerprint density at radius 1 is 1.38 bits per heavy atom. The average Bonchev–Trinajstić information content (AvgIpc) is 2.28. The molecule has 0 atom stereocenters. The SMILES string of the molecule is CCNCc1ccccc1NC(=O)CSC. The van der Waals surface area contributed by atoms with Crippen LogP contribution in [-0.2, 0) is 11.3 Å². The summed E-state index contributed by atoms with van der Waals surface area (Å²) in [4.78, 5) is 11.5. The van der Waals surface area contributed by atoms with Gasteiger partial charge in [0.25, 0.3) is 0 Å². The van der Waals surface area contributed by atoms with Gasteiger partial charge in [-0.3, -0.25) is 4.79 Å². The first-order valence-corrected chi connectivity index (χ1v) is 6.74. The topological polar surface area (TPSA) is 41.1 Å². The molecule has 0 saturated heterocycles. The molecule has 1 aromatic carbocycles. The first-order chi connectivity index (χ1) is 7.77. The molecule has 0 aromatic heterocycles. The van der Waals surface area contributed by atoms with Gasteiger partial charge in [0, 0.05) is 12.2 Å². The molecule has 16 heavy (non-hydrogen) atoms. The molecule has 0 aliphatic heterocycles. The summed E-state index contributed by atoms with van der Waals surface area (Å²) in [7, 11) is 0. The van der Waals surface area contributed by atoms with Crippen LogP contribution >= 0.6 is 11.8 Å². The van der Waals surface area contributed by atoms with Gasteiger partial charge in [-0.1, -0.05) is 25.1 Å². The number of para-hydroxylation sites is 1. The number of amides is 1. The molecule has 0 fully saturated rings. The van der Waals surface area contributed by atoms with E-state index < -0.39 is 0 Å². The number of rotatable bonds is 6. The summed E-state index contributed by atoms with van der Waals surface area (Å²) < 4.78 is 0. The molecule has 0 aliphatic rings. The van der Waals surface area contributed by atoms with E-state index in [9.17, 15) is 4.79 Å². The second kappa shape index (κ2) is 7.30. The van der Waals surface area contributed by atoms with Crippen molar-refractivity contribution in [3.05, 3.63) is 29.8 Å². The number of benzene rings is 1. The second-order valence-electron chi connectivity index (χ2n) is 3.42. The third-order valence-electron chi connectivity index (χ3n) is 2.13. The first-order valence-electron chi connectivity index (χ1n) is 5.35. The van der Waals surface area contributed by atoms with E-state index in [0.717, 1.165) is 24.3 Å². The molecular weight excluding hydrogens is 220 g/mol. The summed E-state index contributed by atoms with van der Waals surface area (Å²) >= 11 is 1.53. The Hall–Kier alpha value is -1.000. The Morgan fingerprint density at radius 2 is 2.12 bits per heavy atom. The van der Waals surface area contributed by atoms with Crippen molar-refractivity contribution < 1.29 is 4.79 Å². The second-order valence-corrected chi connectivity index (χ2v) is 4.28. The molecule has 0 bridgehead atoms. The third kappa shape index (κ3) is 4.24. The number of carbonyl (C=O) groups excluding carboxylic acids is 1. The van der Waals surface area contributed by atoms with E-state index in [-0.39, 0.29) is 5.91 Å². The molecule has 88 valence electrons. The summed E-state index contributed by atoms with van der Waals surface area (Å²) in [5.74, 6) is 0.548. The van der Waals surface area contributed by atoms with Crippen molar-refractivity contribution in [2.45, 2.75) is 13.5 Å². The smallest absolute Gasteiger partial charge is 0.234 e. The van der Waals surface area contributed by atoms with Crippen LogP contribution in [0.25, 0.3) is 0 Å². The van der Waals surface area contributed by atoms with Crippen LogP contribution in [0.2, 0.25) is 0 Å². The van der Waals surface area contributed by atoms with Gasteiger partial charge in [0.15, 0.2) is 0 Å². The van der Waals surface area contributed by atoms with E-state index in [1.807, 2.05) is 30.5 Å². The highest BCUT2D eigenvalue weighted by atomic mass is 32.2. The summed E-state index contributed by atoms with van der Waals surface area (Å²) in [6, 6.07) is 7.88. The van der Waals surface area contributed by atoms with Crippen LogP contribution in [0.3, 0.4) is 0 Å². The number of carbonyl (C=O) groups is 1. The van der Waals surface area contributed by atoms with Crippen LogP contribution in [-0.4, -0.2) is 24.5 Å². The van der Waals surface area contributed by atoms with Crippen molar-refractivity contribution in [2.24, 2.45) is 0 Å². The molecule has 0 radical (unpaired) electrons. The molecule has 1 amide bonds. The lowest BCUT2D eigenvalue weighted by Gasteiger charge is -2.10. The maximum absolute atomic E-state index is 11.5. The molecule has 4 heteroatoms. The zero-order chi connectivity index (χ0) is 11.8. The van der Waals surface area contributed by atoms with Gasteiger partial charge in [-0.15, -0.1) is 0 Å². The Morgan fingerprint density at radius 3 is 2.81 bits per heavy atom. The van der Waals surface area contributed by atoms with Gasteiger partial charge in [-0.2, -0.15) is 11.8 Å². The predicted octanol–water partition coefficient (Wildman–Crippen LogP) is 2.10. The maximum Gasteiger partial charge on any atom is 0.234 e. The standard InChI is InChI=1S/C12H18N2OS/c1-3-13-8-10-6-4-5-7-11(10)14-12(15)9-16-2/h4-7,13H,3,8-9H2,1-2H3,(H,14,15). The molecule has 0 saturated carbocycles. The summed E-state index contributed by atoms with van der Waals surface area (Å²) in [6.45, 7) is 3.77. The first kappa shape index (κ1) is 13.1. The highest BCUT2D eigenvalue weighted by molar-refractivity contribution is 7.99. The van der Waals surface area contributed by atoms with Crippen molar-refractivity contribution in [1.82, 2.24) is 5.32 Å². The van der Waals surface area contributed by atoms with E-state index >= 15 is 0 Å². The average molecular weight is 238 g/mol. The Bertz CT molecular complexity index is 342. The summed E-state index contributed by atoms with van der Waals surface area (Å²) in [5.41, 5.74) is 2.03. The highest BCUT2D eigenvalue weighted by Gasteiger charge is 2.04. The summed E-state index contributed by atoms with van der Waals surface area (Å²) in [5, 5.41) is 6.17. The van der Waals surface area contributed by atoms with E-state index in [2.05, 4.69) is 17.6 Å². The van der Waals surface area contributed by atoms with Gasteiger partial charge in [-0.25, -0.2) is 0 Å².